The minimum atomic E-state index is -0.643. The molecule has 2 aromatic heterocycles. The second-order valence-electron chi connectivity index (χ2n) is 11.5. The number of carbonyl (C=O) groups is 2. The van der Waals surface area contributed by atoms with Gasteiger partial charge in [0.15, 0.2) is 0 Å². The predicted molar refractivity (Wildman–Crippen MR) is 151 cm³/mol. The molecule has 3 aliphatic rings. The highest BCUT2D eigenvalue weighted by molar-refractivity contribution is 7.18. The summed E-state index contributed by atoms with van der Waals surface area (Å²) in [5, 5.41) is 4.00. The minimum absolute atomic E-state index is 0.147. The maximum atomic E-state index is 13.4. The number of carbonyl (C=O) groups excluding carboxylic acids is 2. The number of anilines is 2. The van der Waals surface area contributed by atoms with E-state index in [2.05, 4.69) is 47.4 Å². The molecule has 2 aliphatic heterocycles. The molecule has 0 spiro atoms. The summed E-state index contributed by atoms with van der Waals surface area (Å²) >= 11 is 1.82. The average molecular weight is 533 g/mol. The second kappa shape index (κ2) is 9.93. The van der Waals surface area contributed by atoms with Crippen molar-refractivity contribution in [3.05, 3.63) is 46.6 Å². The molecule has 6 rings (SSSR count). The minimum Gasteiger partial charge on any atom is -0.383 e. The van der Waals surface area contributed by atoms with Crippen LogP contribution in [0.2, 0.25) is 0 Å². The van der Waals surface area contributed by atoms with Crippen molar-refractivity contribution in [3.63, 3.8) is 0 Å². The number of nitrogens with two attached hydrogens (primary N) is 1. The first-order valence-corrected chi connectivity index (χ1v) is 14.6. The standard InChI is InChI=1S/C29H36N6O2S/c1-4-17-9-20(12-31-26(17)30)32-27(36)29(37)35-13-16(2)5-7-24(35)18-6-8-25-23(11-18)33-28(38-25)21-10-19-14-34(3)15-22(19)21/h6,8-9,11-12,16,19,21-22,24H,4-5,7,10,13-15H2,1-3H3,(H2,30,31)(H,32,36)/t16-,19?,21?,22?,24+/m0/s1. The number of benzene rings is 1. The van der Waals surface area contributed by atoms with Gasteiger partial charge in [-0.2, -0.15) is 0 Å². The van der Waals surface area contributed by atoms with Crippen molar-refractivity contribution in [2.75, 3.05) is 37.7 Å². The second-order valence-corrected chi connectivity index (χ2v) is 12.6. The summed E-state index contributed by atoms with van der Waals surface area (Å²) in [5.74, 6) is 1.74. The third-order valence-electron chi connectivity index (χ3n) is 8.79. The SMILES string of the molecule is CCc1cc(NC(=O)C(=O)N2C[C@@H](C)CC[C@@H]2c2ccc3sc(C4CC5CN(C)CC54)nc3c2)cnc1N. The molecule has 2 saturated heterocycles. The fraction of sp³-hybridized carbons (Fsp3) is 0.517. The van der Waals surface area contributed by atoms with E-state index >= 15 is 0 Å². The van der Waals surface area contributed by atoms with Crippen molar-refractivity contribution in [1.29, 1.82) is 0 Å². The first kappa shape index (κ1) is 25.2. The highest BCUT2D eigenvalue weighted by Gasteiger charge is 2.47. The Balaban J connectivity index is 1.21. The van der Waals surface area contributed by atoms with Crippen LogP contribution in [0.1, 0.15) is 61.2 Å². The third kappa shape index (κ3) is 4.56. The van der Waals surface area contributed by atoms with Crippen LogP contribution in [0.4, 0.5) is 11.5 Å². The van der Waals surface area contributed by atoms with E-state index in [1.807, 2.05) is 18.3 Å². The van der Waals surface area contributed by atoms with Gasteiger partial charge < -0.3 is 20.9 Å². The van der Waals surface area contributed by atoms with Crippen LogP contribution in [0.25, 0.3) is 10.2 Å². The molecule has 0 bridgehead atoms. The number of fused-ring (bicyclic) bond motifs is 2. The molecule has 4 heterocycles. The zero-order valence-corrected chi connectivity index (χ0v) is 23.1. The zero-order valence-electron chi connectivity index (χ0n) is 22.3. The summed E-state index contributed by atoms with van der Waals surface area (Å²) in [6, 6.07) is 8.04. The Labute approximate surface area is 227 Å². The Bertz CT molecular complexity index is 1390. The number of aromatic nitrogens is 2. The van der Waals surface area contributed by atoms with Crippen LogP contribution >= 0.6 is 11.3 Å². The number of nitrogens with zero attached hydrogens (tertiary/aromatic N) is 4. The molecule has 0 radical (unpaired) electrons. The van der Waals surface area contributed by atoms with E-state index in [1.165, 1.54) is 35.4 Å². The summed E-state index contributed by atoms with van der Waals surface area (Å²) in [4.78, 5) is 39.9. The van der Waals surface area contributed by atoms with Gasteiger partial charge in [0, 0.05) is 25.6 Å². The molecule has 9 heteroatoms. The topological polar surface area (TPSA) is 104 Å². The van der Waals surface area contributed by atoms with E-state index in [0.29, 0.717) is 36.3 Å². The maximum absolute atomic E-state index is 13.4. The number of amides is 2. The number of likely N-dealkylation sites (tertiary alicyclic amines) is 2. The highest BCUT2D eigenvalue weighted by Crippen LogP contribution is 2.52. The van der Waals surface area contributed by atoms with Crippen molar-refractivity contribution >= 4 is 44.9 Å². The zero-order chi connectivity index (χ0) is 26.6. The van der Waals surface area contributed by atoms with E-state index < -0.39 is 11.8 Å². The van der Waals surface area contributed by atoms with Crippen LogP contribution in [-0.2, 0) is 16.0 Å². The van der Waals surface area contributed by atoms with E-state index in [9.17, 15) is 9.59 Å². The number of piperidine rings is 1. The van der Waals surface area contributed by atoms with Crippen LogP contribution in [0, 0.1) is 17.8 Å². The molecule has 1 saturated carbocycles. The molecular weight excluding hydrogens is 496 g/mol. The fourth-order valence-electron chi connectivity index (χ4n) is 6.65. The summed E-state index contributed by atoms with van der Waals surface area (Å²) < 4.78 is 1.20. The Morgan fingerprint density at radius 1 is 1.18 bits per heavy atom. The highest BCUT2D eigenvalue weighted by atomic mass is 32.1. The quantitative estimate of drug-likeness (QED) is 0.482. The molecule has 5 atom stereocenters. The van der Waals surface area contributed by atoms with E-state index in [4.69, 9.17) is 10.7 Å². The molecule has 3 N–H and O–H groups in total. The maximum Gasteiger partial charge on any atom is 0.313 e. The van der Waals surface area contributed by atoms with Crippen molar-refractivity contribution < 1.29 is 9.59 Å². The van der Waals surface area contributed by atoms with Gasteiger partial charge in [-0.3, -0.25) is 9.59 Å². The third-order valence-corrected chi connectivity index (χ3v) is 9.96. The number of pyridine rings is 1. The van der Waals surface area contributed by atoms with Gasteiger partial charge in [0.05, 0.1) is 33.2 Å². The molecule has 38 heavy (non-hydrogen) atoms. The number of thiazole rings is 1. The Morgan fingerprint density at radius 3 is 2.82 bits per heavy atom. The Kier molecular flexibility index (Phi) is 6.60. The summed E-state index contributed by atoms with van der Waals surface area (Å²) in [5.41, 5.74) is 9.28. The first-order valence-electron chi connectivity index (χ1n) is 13.8. The van der Waals surface area contributed by atoms with E-state index in [-0.39, 0.29) is 6.04 Å². The molecule has 2 amide bonds. The van der Waals surface area contributed by atoms with Crippen molar-refractivity contribution in [1.82, 2.24) is 19.8 Å². The number of hydrogen-bond donors (Lipinski definition) is 2. The lowest BCUT2D eigenvalue weighted by Crippen LogP contribution is -2.46. The molecular formula is C29H36N6O2S. The summed E-state index contributed by atoms with van der Waals surface area (Å²) in [6.07, 6.45) is 5.27. The van der Waals surface area contributed by atoms with Gasteiger partial charge in [-0.05, 0) is 79.8 Å². The molecule has 8 nitrogen and oxygen atoms in total. The van der Waals surface area contributed by atoms with Gasteiger partial charge in [0.2, 0.25) is 0 Å². The van der Waals surface area contributed by atoms with Gasteiger partial charge >= 0.3 is 11.8 Å². The van der Waals surface area contributed by atoms with Crippen LogP contribution in [0.3, 0.4) is 0 Å². The molecule has 3 aromatic rings. The van der Waals surface area contributed by atoms with Crippen LogP contribution < -0.4 is 11.1 Å². The van der Waals surface area contributed by atoms with Gasteiger partial charge in [-0.25, -0.2) is 9.97 Å². The number of hydrogen-bond acceptors (Lipinski definition) is 7. The normalized spacial score (nSPS) is 27.2. The largest absolute Gasteiger partial charge is 0.383 e. The molecule has 1 aromatic carbocycles. The number of nitrogen functional groups attached to an aromatic ring is 1. The summed E-state index contributed by atoms with van der Waals surface area (Å²) in [6.45, 7) is 7.04. The number of aryl methyl sites for hydroxylation is 1. The van der Waals surface area contributed by atoms with Gasteiger partial charge in [0.25, 0.3) is 0 Å². The Hall–Kier alpha value is -3.04. The first-order chi connectivity index (χ1) is 18.3. The lowest BCUT2D eigenvalue weighted by Gasteiger charge is -2.38. The van der Waals surface area contributed by atoms with Crippen molar-refractivity contribution in [3.8, 4) is 0 Å². The fourth-order valence-corrected chi connectivity index (χ4v) is 7.79. The molecule has 1 aliphatic carbocycles. The Morgan fingerprint density at radius 2 is 2.03 bits per heavy atom. The van der Waals surface area contributed by atoms with Crippen molar-refractivity contribution in [2.24, 2.45) is 17.8 Å². The van der Waals surface area contributed by atoms with Gasteiger partial charge in [-0.15, -0.1) is 11.3 Å². The number of rotatable bonds is 4. The van der Waals surface area contributed by atoms with Crippen LogP contribution in [-0.4, -0.2) is 58.3 Å². The number of nitrogens with one attached hydrogen (secondary N) is 1. The van der Waals surface area contributed by atoms with Gasteiger partial charge in [-0.1, -0.05) is 19.9 Å². The van der Waals surface area contributed by atoms with Crippen LogP contribution in [0.15, 0.2) is 30.5 Å². The van der Waals surface area contributed by atoms with E-state index in [0.717, 1.165) is 41.3 Å². The smallest absolute Gasteiger partial charge is 0.313 e. The molecule has 3 fully saturated rings. The molecule has 3 unspecified atom stereocenters. The van der Waals surface area contributed by atoms with E-state index in [1.54, 1.807) is 11.0 Å². The molecule has 200 valence electrons. The lowest BCUT2D eigenvalue weighted by atomic mass is 9.67. The lowest BCUT2D eigenvalue weighted by molar-refractivity contribution is -0.146. The van der Waals surface area contributed by atoms with Gasteiger partial charge in [0.1, 0.15) is 5.82 Å². The average Bonchev–Trinajstić information content (AvgIpc) is 3.44. The summed E-state index contributed by atoms with van der Waals surface area (Å²) in [7, 11) is 2.22. The monoisotopic (exact) mass is 532 g/mol. The predicted octanol–water partition coefficient (Wildman–Crippen LogP) is 4.44. The van der Waals surface area contributed by atoms with Crippen molar-refractivity contribution in [2.45, 2.75) is 51.5 Å². The van der Waals surface area contributed by atoms with Crippen LogP contribution in [0.5, 0.6) is 0 Å².